The summed E-state index contributed by atoms with van der Waals surface area (Å²) in [5, 5.41) is 9.04. The molecule has 3 rings (SSSR count). The number of fused-ring (bicyclic) bond motifs is 1. The van der Waals surface area contributed by atoms with Crippen LogP contribution in [0.5, 0.6) is 0 Å². The van der Waals surface area contributed by atoms with Crippen LogP contribution in [-0.2, 0) is 12.2 Å². The molecule has 0 bridgehead atoms. The third-order valence-corrected chi connectivity index (χ3v) is 4.18. The Morgan fingerprint density at radius 1 is 1.17 bits per heavy atom. The van der Waals surface area contributed by atoms with Crippen molar-refractivity contribution in [3.05, 3.63) is 36.0 Å². The lowest BCUT2D eigenvalue weighted by molar-refractivity contribution is 0.382. The summed E-state index contributed by atoms with van der Waals surface area (Å²) in [6, 6.07) is 8.00. The summed E-state index contributed by atoms with van der Waals surface area (Å²) >= 11 is 1.50. The summed E-state index contributed by atoms with van der Waals surface area (Å²) in [5.41, 5.74) is 0.928. The quantitative estimate of drug-likeness (QED) is 0.514. The minimum atomic E-state index is 0.509. The normalized spacial score (nSPS) is 11.3. The highest BCUT2D eigenvalue weighted by Crippen LogP contribution is 2.26. The second kappa shape index (κ2) is 7.61. The Morgan fingerprint density at radius 3 is 2.79 bits per heavy atom. The molecule has 2 heterocycles. The molecular formula is C17H21N5OS. The van der Waals surface area contributed by atoms with Gasteiger partial charge in [-0.3, -0.25) is 0 Å². The minimum Gasteiger partial charge on any atom is -0.370 e. The first-order valence-electron chi connectivity index (χ1n) is 8.10. The van der Waals surface area contributed by atoms with Crippen LogP contribution in [0.4, 0.5) is 5.82 Å². The molecule has 1 aromatic carbocycles. The van der Waals surface area contributed by atoms with Crippen molar-refractivity contribution in [2.75, 3.05) is 11.9 Å². The Hall–Kier alpha value is -2.15. The van der Waals surface area contributed by atoms with Gasteiger partial charge in [-0.1, -0.05) is 42.9 Å². The summed E-state index contributed by atoms with van der Waals surface area (Å²) in [7, 11) is 0. The van der Waals surface area contributed by atoms with E-state index in [1.54, 1.807) is 0 Å². The molecule has 0 fully saturated rings. The molecule has 0 spiro atoms. The van der Waals surface area contributed by atoms with Crippen molar-refractivity contribution >= 4 is 28.5 Å². The van der Waals surface area contributed by atoms with Crippen molar-refractivity contribution in [2.45, 2.75) is 38.1 Å². The second-order valence-electron chi connectivity index (χ2n) is 5.89. The van der Waals surface area contributed by atoms with Gasteiger partial charge >= 0.3 is 0 Å². The lowest BCUT2D eigenvalue weighted by atomic mass is 10.1. The van der Waals surface area contributed by atoms with E-state index in [0.717, 1.165) is 35.5 Å². The van der Waals surface area contributed by atoms with Gasteiger partial charge in [-0.2, -0.15) is 4.98 Å². The zero-order chi connectivity index (χ0) is 16.9. The van der Waals surface area contributed by atoms with Crippen LogP contribution in [0.1, 0.15) is 32.5 Å². The number of nitrogens with zero attached hydrogens (tertiary/aromatic N) is 4. The fourth-order valence-corrected chi connectivity index (χ4v) is 3.03. The molecule has 24 heavy (non-hydrogen) atoms. The van der Waals surface area contributed by atoms with E-state index >= 15 is 0 Å². The van der Waals surface area contributed by atoms with Crippen LogP contribution in [0.2, 0.25) is 0 Å². The molecule has 0 amide bonds. The maximum Gasteiger partial charge on any atom is 0.237 e. The summed E-state index contributed by atoms with van der Waals surface area (Å²) in [6.07, 6.45) is 0.825. The van der Waals surface area contributed by atoms with Gasteiger partial charge in [0, 0.05) is 18.4 Å². The number of hydrogen-bond acceptors (Lipinski definition) is 7. The van der Waals surface area contributed by atoms with Gasteiger partial charge in [-0.15, -0.1) is 0 Å². The van der Waals surface area contributed by atoms with Crippen LogP contribution in [0.3, 0.4) is 0 Å². The molecule has 0 saturated heterocycles. The molecule has 7 heteroatoms. The van der Waals surface area contributed by atoms with Gasteiger partial charge in [-0.25, -0.2) is 9.97 Å². The zero-order valence-electron chi connectivity index (χ0n) is 14.1. The maximum absolute atomic E-state index is 5.30. The first-order chi connectivity index (χ1) is 11.7. The molecule has 0 radical (unpaired) electrons. The average molecular weight is 343 g/mol. The van der Waals surface area contributed by atoms with Crippen LogP contribution in [0.15, 0.2) is 33.9 Å². The zero-order valence-corrected chi connectivity index (χ0v) is 14.9. The van der Waals surface area contributed by atoms with Crippen molar-refractivity contribution < 1.29 is 4.52 Å². The van der Waals surface area contributed by atoms with E-state index in [9.17, 15) is 0 Å². The highest BCUT2D eigenvalue weighted by Gasteiger charge is 2.11. The highest BCUT2D eigenvalue weighted by molar-refractivity contribution is 7.98. The number of nitrogens with one attached hydrogen (secondary N) is 1. The lowest BCUT2D eigenvalue weighted by Gasteiger charge is -2.08. The van der Waals surface area contributed by atoms with Crippen molar-refractivity contribution in [3.63, 3.8) is 0 Å². The highest BCUT2D eigenvalue weighted by atomic mass is 32.2. The van der Waals surface area contributed by atoms with Gasteiger partial charge in [0.25, 0.3) is 0 Å². The molecular weight excluding hydrogens is 322 g/mol. The predicted molar refractivity (Wildman–Crippen MR) is 96.1 cm³/mol. The monoisotopic (exact) mass is 343 g/mol. The molecule has 0 aliphatic rings. The number of rotatable bonds is 7. The number of aromatic nitrogens is 4. The number of thioether (sulfide) groups is 1. The van der Waals surface area contributed by atoms with Crippen LogP contribution in [-0.4, -0.2) is 26.7 Å². The summed E-state index contributed by atoms with van der Waals surface area (Å²) in [5.74, 6) is 3.30. The summed E-state index contributed by atoms with van der Waals surface area (Å²) in [6.45, 7) is 7.14. The van der Waals surface area contributed by atoms with E-state index in [-0.39, 0.29) is 0 Å². The van der Waals surface area contributed by atoms with Gasteiger partial charge in [0.15, 0.2) is 11.0 Å². The molecule has 0 aliphatic heterocycles. The molecule has 126 valence electrons. The minimum absolute atomic E-state index is 0.509. The van der Waals surface area contributed by atoms with Crippen molar-refractivity contribution in [3.8, 4) is 0 Å². The second-order valence-corrected chi connectivity index (χ2v) is 6.84. The largest absolute Gasteiger partial charge is 0.370 e. The number of hydrogen-bond donors (Lipinski definition) is 1. The van der Waals surface area contributed by atoms with Crippen molar-refractivity contribution in [2.24, 2.45) is 5.92 Å². The van der Waals surface area contributed by atoms with Crippen LogP contribution in [0, 0.1) is 5.92 Å². The van der Waals surface area contributed by atoms with E-state index in [0.29, 0.717) is 22.7 Å². The molecule has 0 atom stereocenters. The number of para-hydroxylation sites is 1. The van der Waals surface area contributed by atoms with Gasteiger partial charge in [-0.05, 0) is 25.0 Å². The third kappa shape index (κ3) is 4.03. The molecule has 1 N–H and O–H groups in total. The lowest BCUT2D eigenvalue weighted by Crippen LogP contribution is -2.02. The van der Waals surface area contributed by atoms with E-state index in [1.165, 1.54) is 11.8 Å². The predicted octanol–water partition coefficient (Wildman–Crippen LogP) is 3.94. The topological polar surface area (TPSA) is 76.7 Å². The van der Waals surface area contributed by atoms with Crippen LogP contribution >= 0.6 is 11.8 Å². The summed E-state index contributed by atoms with van der Waals surface area (Å²) < 4.78 is 5.30. The first-order valence-corrected chi connectivity index (χ1v) is 9.09. The molecule has 3 aromatic rings. The Kier molecular flexibility index (Phi) is 5.30. The van der Waals surface area contributed by atoms with E-state index in [4.69, 9.17) is 4.52 Å². The fourth-order valence-electron chi connectivity index (χ4n) is 2.35. The van der Waals surface area contributed by atoms with Gasteiger partial charge < -0.3 is 9.84 Å². The Bertz CT molecular complexity index is 818. The Balaban J connectivity index is 1.76. The Morgan fingerprint density at radius 2 is 2.00 bits per heavy atom. The van der Waals surface area contributed by atoms with Gasteiger partial charge in [0.2, 0.25) is 5.89 Å². The molecule has 0 unspecified atom stereocenters. The Labute approximate surface area is 145 Å². The molecule has 0 aliphatic carbocycles. The van der Waals surface area contributed by atoms with Crippen molar-refractivity contribution in [1.29, 1.82) is 0 Å². The fraction of sp³-hybridized carbons (Fsp3) is 0.412. The van der Waals surface area contributed by atoms with Gasteiger partial charge in [0.05, 0.1) is 11.3 Å². The van der Waals surface area contributed by atoms with E-state index in [1.807, 2.05) is 24.3 Å². The molecule has 2 aromatic heterocycles. The smallest absolute Gasteiger partial charge is 0.237 e. The van der Waals surface area contributed by atoms with Crippen LogP contribution < -0.4 is 5.32 Å². The first kappa shape index (κ1) is 16.7. The SMILES string of the molecule is CCNc1nc(SCc2nc(CC(C)C)no2)nc2ccccc12. The van der Waals surface area contributed by atoms with Crippen LogP contribution in [0.25, 0.3) is 10.9 Å². The molecule has 6 nitrogen and oxygen atoms in total. The average Bonchev–Trinajstić information content (AvgIpc) is 3.00. The standard InChI is InChI=1S/C17H21N5OS/c1-4-18-16-12-7-5-6-8-13(12)19-17(21-16)24-10-15-20-14(22-23-15)9-11(2)3/h5-8,11H,4,9-10H2,1-3H3,(H,18,19,21). The number of anilines is 1. The summed E-state index contributed by atoms with van der Waals surface area (Å²) in [4.78, 5) is 13.6. The number of benzene rings is 1. The maximum atomic E-state index is 5.30. The van der Waals surface area contributed by atoms with Gasteiger partial charge in [0.1, 0.15) is 5.82 Å². The van der Waals surface area contributed by atoms with E-state index < -0.39 is 0 Å². The van der Waals surface area contributed by atoms with Crippen molar-refractivity contribution in [1.82, 2.24) is 20.1 Å². The van der Waals surface area contributed by atoms with E-state index in [2.05, 4.69) is 46.2 Å². The third-order valence-electron chi connectivity index (χ3n) is 3.35. The molecule has 0 saturated carbocycles.